The minimum atomic E-state index is -1.00. The topological polar surface area (TPSA) is 44.5 Å². The van der Waals surface area contributed by atoms with Crippen molar-refractivity contribution in [1.82, 2.24) is 0 Å². The van der Waals surface area contributed by atoms with Crippen molar-refractivity contribution in [3.63, 3.8) is 0 Å². The number of ether oxygens (including phenoxy) is 2. The molecular weight excluding hydrogens is 228 g/mol. The average Bonchev–Trinajstić information content (AvgIpc) is 2.30. The monoisotopic (exact) mass is 245 g/mol. The van der Waals surface area contributed by atoms with Gasteiger partial charge in [-0.2, -0.15) is 4.39 Å². The fourth-order valence-corrected chi connectivity index (χ4v) is 1.13. The minimum absolute atomic E-state index is 0.0429. The highest BCUT2D eigenvalue weighted by molar-refractivity contribution is 5.25. The van der Waals surface area contributed by atoms with E-state index in [-0.39, 0.29) is 12.4 Å². The Labute approximate surface area is 99.5 Å². The quantitative estimate of drug-likeness (QED) is 0.864. The van der Waals surface area contributed by atoms with Crippen molar-refractivity contribution in [1.29, 1.82) is 0 Å². The van der Waals surface area contributed by atoms with E-state index in [9.17, 15) is 8.78 Å². The Balaban J connectivity index is 2.65. The minimum Gasteiger partial charge on any atom is -0.489 e. The van der Waals surface area contributed by atoms with E-state index in [0.29, 0.717) is 0 Å². The maximum absolute atomic E-state index is 13.3. The fourth-order valence-electron chi connectivity index (χ4n) is 1.13. The molecule has 96 valence electrons. The lowest BCUT2D eigenvalue weighted by atomic mass is 10.0. The number of methoxy groups -OCH3 is 1. The van der Waals surface area contributed by atoms with Gasteiger partial charge in [-0.1, -0.05) is 6.07 Å². The van der Waals surface area contributed by atoms with Gasteiger partial charge >= 0.3 is 0 Å². The van der Waals surface area contributed by atoms with Crippen LogP contribution in [-0.4, -0.2) is 25.4 Å². The van der Waals surface area contributed by atoms with E-state index in [4.69, 9.17) is 15.2 Å². The molecule has 3 nitrogen and oxygen atoms in total. The largest absolute Gasteiger partial charge is 0.489 e. The molecule has 17 heavy (non-hydrogen) atoms. The molecule has 0 aliphatic heterocycles. The van der Waals surface area contributed by atoms with E-state index < -0.39 is 23.3 Å². The molecule has 0 radical (unpaired) electrons. The molecule has 0 amide bonds. The average molecular weight is 245 g/mol. The molecule has 2 N–H and O–H groups in total. The highest BCUT2D eigenvalue weighted by Gasteiger charge is 2.26. The summed E-state index contributed by atoms with van der Waals surface area (Å²) < 4.78 is 36.5. The second-order valence-corrected chi connectivity index (χ2v) is 4.28. The molecule has 0 fully saturated rings. The molecule has 5 heteroatoms. The van der Waals surface area contributed by atoms with Crippen LogP contribution in [0.4, 0.5) is 8.78 Å². The molecule has 1 aromatic rings. The molecule has 0 heterocycles. The van der Waals surface area contributed by atoms with E-state index in [1.165, 1.54) is 19.2 Å². The summed E-state index contributed by atoms with van der Waals surface area (Å²) in [4.78, 5) is 0. The van der Waals surface area contributed by atoms with Crippen LogP contribution in [0.2, 0.25) is 0 Å². The molecule has 1 aromatic carbocycles. The third-order valence-corrected chi connectivity index (χ3v) is 2.75. The smallest absolute Gasteiger partial charge is 0.200 e. The van der Waals surface area contributed by atoms with Crippen LogP contribution in [-0.2, 0) is 4.74 Å². The SMILES string of the molecule is COC(C)(C)C(N)COc1cccc(F)c1F. The Morgan fingerprint density at radius 3 is 2.59 bits per heavy atom. The second kappa shape index (κ2) is 5.42. The van der Waals surface area contributed by atoms with Gasteiger partial charge in [0.15, 0.2) is 11.6 Å². The van der Waals surface area contributed by atoms with E-state index in [1.54, 1.807) is 13.8 Å². The van der Waals surface area contributed by atoms with Crippen molar-refractivity contribution >= 4 is 0 Å². The summed E-state index contributed by atoms with van der Waals surface area (Å²) >= 11 is 0. The Hall–Kier alpha value is -1.20. The summed E-state index contributed by atoms with van der Waals surface area (Å²) in [6.07, 6.45) is 0. The fraction of sp³-hybridized carbons (Fsp3) is 0.500. The molecule has 0 bridgehead atoms. The maximum Gasteiger partial charge on any atom is 0.200 e. The highest BCUT2D eigenvalue weighted by Crippen LogP contribution is 2.20. The molecule has 1 unspecified atom stereocenters. The van der Waals surface area contributed by atoms with Crippen LogP contribution in [0.1, 0.15) is 13.8 Å². The molecule has 0 aromatic heterocycles. The highest BCUT2D eigenvalue weighted by atomic mass is 19.2. The summed E-state index contributed by atoms with van der Waals surface area (Å²) in [6.45, 7) is 3.63. The lowest BCUT2D eigenvalue weighted by molar-refractivity contribution is -0.0113. The van der Waals surface area contributed by atoms with Gasteiger partial charge in [-0.05, 0) is 26.0 Å². The first-order valence-electron chi connectivity index (χ1n) is 5.26. The molecule has 0 aliphatic carbocycles. The van der Waals surface area contributed by atoms with E-state index in [0.717, 1.165) is 6.07 Å². The normalized spacial score (nSPS) is 13.5. The summed E-state index contributed by atoms with van der Waals surface area (Å²) in [5.74, 6) is -2.09. The molecule has 0 saturated carbocycles. The first-order valence-corrected chi connectivity index (χ1v) is 5.26. The number of benzene rings is 1. The Morgan fingerprint density at radius 2 is 2.00 bits per heavy atom. The van der Waals surface area contributed by atoms with Crippen LogP contribution in [0.15, 0.2) is 18.2 Å². The van der Waals surface area contributed by atoms with Gasteiger partial charge in [-0.25, -0.2) is 4.39 Å². The van der Waals surface area contributed by atoms with Gasteiger partial charge in [0, 0.05) is 7.11 Å². The first kappa shape index (κ1) is 13.9. The summed E-state index contributed by atoms with van der Waals surface area (Å²) in [5, 5.41) is 0. The molecule has 1 atom stereocenters. The van der Waals surface area contributed by atoms with Crippen LogP contribution in [0.5, 0.6) is 5.75 Å². The molecular formula is C12H17F2NO2. The number of halogens is 2. The number of nitrogens with two attached hydrogens (primary N) is 1. The van der Waals surface area contributed by atoms with Crippen molar-refractivity contribution < 1.29 is 18.3 Å². The predicted octanol–water partition coefficient (Wildman–Crippen LogP) is 2.10. The van der Waals surface area contributed by atoms with E-state index in [2.05, 4.69) is 0 Å². The lowest BCUT2D eigenvalue weighted by Crippen LogP contribution is -2.48. The standard InChI is InChI=1S/C12H17F2NO2/c1-12(2,16-3)10(15)7-17-9-6-4-5-8(13)11(9)14/h4-6,10H,7,15H2,1-3H3. The van der Waals surface area contributed by atoms with Gasteiger partial charge in [0.2, 0.25) is 5.82 Å². The first-order chi connectivity index (χ1) is 7.88. The maximum atomic E-state index is 13.3. The van der Waals surface area contributed by atoms with E-state index >= 15 is 0 Å². The zero-order valence-electron chi connectivity index (χ0n) is 10.2. The van der Waals surface area contributed by atoms with Gasteiger partial charge in [-0.3, -0.25) is 0 Å². The third-order valence-electron chi connectivity index (χ3n) is 2.75. The van der Waals surface area contributed by atoms with Crippen molar-refractivity contribution in [2.24, 2.45) is 5.73 Å². The Bertz CT molecular complexity index is 383. The van der Waals surface area contributed by atoms with Crippen molar-refractivity contribution in [3.8, 4) is 5.75 Å². The number of hydrogen-bond donors (Lipinski definition) is 1. The van der Waals surface area contributed by atoms with Gasteiger partial charge in [-0.15, -0.1) is 0 Å². The molecule has 0 spiro atoms. The zero-order valence-corrected chi connectivity index (χ0v) is 10.2. The molecule has 1 rings (SSSR count). The second-order valence-electron chi connectivity index (χ2n) is 4.28. The molecule has 0 aliphatic rings. The van der Waals surface area contributed by atoms with Crippen LogP contribution in [0, 0.1) is 11.6 Å². The van der Waals surface area contributed by atoms with E-state index in [1.807, 2.05) is 0 Å². The number of rotatable bonds is 5. The zero-order chi connectivity index (χ0) is 13.1. The summed E-state index contributed by atoms with van der Waals surface area (Å²) in [5.41, 5.74) is 5.24. The summed E-state index contributed by atoms with van der Waals surface area (Å²) in [6, 6.07) is 3.31. The van der Waals surface area contributed by atoms with Crippen molar-refractivity contribution in [2.45, 2.75) is 25.5 Å². The van der Waals surface area contributed by atoms with Crippen molar-refractivity contribution in [2.75, 3.05) is 13.7 Å². The Kier molecular flexibility index (Phi) is 4.42. The van der Waals surface area contributed by atoms with Crippen LogP contribution >= 0.6 is 0 Å². The van der Waals surface area contributed by atoms with Crippen LogP contribution in [0.3, 0.4) is 0 Å². The van der Waals surface area contributed by atoms with Crippen LogP contribution < -0.4 is 10.5 Å². The lowest BCUT2D eigenvalue weighted by Gasteiger charge is -2.29. The summed E-state index contributed by atoms with van der Waals surface area (Å²) in [7, 11) is 1.53. The predicted molar refractivity (Wildman–Crippen MR) is 60.9 cm³/mol. The third kappa shape index (κ3) is 3.38. The molecule has 0 saturated heterocycles. The van der Waals surface area contributed by atoms with Gasteiger partial charge in [0.1, 0.15) is 6.61 Å². The van der Waals surface area contributed by atoms with Crippen molar-refractivity contribution in [3.05, 3.63) is 29.8 Å². The van der Waals surface area contributed by atoms with Gasteiger partial charge in [0.05, 0.1) is 11.6 Å². The Morgan fingerprint density at radius 1 is 1.35 bits per heavy atom. The van der Waals surface area contributed by atoms with Crippen LogP contribution in [0.25, 0.3) is 0 Å². The number of hydrogen-bond acceptors (Lipinski definition) is 3. The van der Waals surface area contributed by atoms with Gasteiger partial charge < -0.3 is 15.2 Å². The van der Waals surface area contributed by atoms with Gasteiger partial charge in [0.25, 0.3) is 0 Å².